The number of hydrogen-bond donors (Lipinski definition) is 8. The number of thioether (sulfide) groups is 1. The molecule has 0 aromatic heterocycles. The number of amides is 7. The lowest BCUT2D eigenvalue weighted by molar-refractivity contribution is -0.139. The van der Waals surface area contributed by atoms with Crippen LogP contribution in [0.1, 0.15) is 88.6 Å². The Hall–Kier alpha value is -8.83. The van der Waals surface area contributed by atoms with Crippen molar-refractivity contribution in [2.45, 2.75) is 133 Å². The zero-order chi connectivity index (χ0) is 63.5. The van der Waals surface area contributed by atoms with Crippen molar-refractivity contribution in [3.05, 3.63) is 149 Å². The first kappa shape index (κ1) is 68.9. The second kappa shape index (κ2) is 34.3. The molecular weight excluding hydrogens is 1140 g/mol. The second-order valence-corrected chi connectivity index (χ2v) is 23.2. The predicted molar refractivity (Wildman–Crippen MR) is 329 cm³/mol. The number of rotatable bonds is 32. The molecule has 0 fully saturated rings. The fourth-order valence-corrected chi connectivity index (χ4v) is 9.88. The molecule has 0 aliphatic rings. The molecule has 0 heterocycles. The van der Waals surface area contributed by atoms with Crippen molar-refractivity contribution in [3.8, 4) is 23.0 Å². The van der Waals surface area contributed by atoms with Gasteiger partial charge in [-0.2, -0.15) is 0 Å². The molecule has 22 nitrogen and oxygen atoms in total. The second-order valence-electron chi connectivity index (χ2n) is 22.2. The van der Waals surface area contributed by atoms with Gasteiger partial charge in [0.2, 0.25) is 29.5 Å². The van der Waals surface area contributed by atoms with E-state index in [1.54, 1.807) is 102 Å². The predicted octanol–water partition coefficient (Wildman–Crippen LogP) is 6.37. The van der Waals surface area contributed by atoms with Crippen LogP contribution in [0.4, 0.5) is 9.59 Å². The normalized spacial score (nSPS) is 12.6. The maximum Gasteiger partial charge on any atom is 0.408 e. The number of carbonyl (C=O) groups is 8. The van der Waals surface area contributed by atoms with Crippen LogP contribution < -0.4 is 61.9 Å². The third-order valence-corrected chi connectivity index (χ3v) is 14.0. The molecule has 0 saturated carbocycles. The summed E-state index contributed by atoms with van der Waals surface area (Å²) in [6.45, 7) is 9.68. The molecule has 5 aromatic carbocycles. The summed E-state index contributed by atoms with van der Waals surface area (Å²) in [6, 6.07) is 31.0. The summed E-state index contributed by atoms with van der Waals surface area (Å²) < 4.78 is 33.9. The molecule has 9 N–H and O–H groups in total. The molecule has 87 heavy (non-hydrogen) atoms. The zero-order valence-corrected chi connectivity index (χ0v) is 51.7. The van der Waals surface area contributed by atoms with Crippen molar-refractivity contribution in [1.29, 1.82) is 0 Å². The fraction of sp³-hybridized carbons (Fsp3) is 0.406. The highest BCUT2D eigenvalue weighted by molar-refractivity contribution is 7.98. The molecular formula is C64H82N8O14S. The first-order valence-electron chi connectivity index (χ1n) is 28.4. The van der Waals surface area contributed by atoms with Crippen molar-refractivity contribution in [1.82, 2.24) is 37.2 Å². The summed E-state index contributed by atoms with van der Waals surface area (Å²) in [5.74, 6) is -2.45. The van der Waals surface area contributed by atoms with Crippen molar-refractivity contribution in [2.24, 2.45) is 5.73 Å². The van der Waals surface area contributed by atoms with E-state index in [4.69, 9.17) is 34.2 Å². The van der Waals surface area contributed by atoms with Gasteiger partial charge in [0.1, 0.15) is 58.4 Å². The van der Waals surface area contributed by atoms with E-state index in [9.17, 15) is 38.4 Å². The molecule has 0 bridgehead atoms. The maximum absolute atomic E-state index is 14.6. The topological polar surface area (TPSA) is 302 Å². The minimum absolute atomic E-state index is 0.0158. The average Bonchev–Trinajstić information content (AvgIpc) is 2.11. The summed E-state index contributed by atoms with van der Waals surface area (Å²) in [5.41, 5.74) is 7.64. The molecule has 0 aliphatic heterocycles. The highest BCUT2D eigenvalue weighted by atomic mass is 32.2. The first-order valence-corrected chi connectivity index (χ1v) is 29.4. The number of nitrogens with two attached hydrogens (primary N) is 1. The Morgan fingerprint density at radius 1 is 0.529 bits per heavy atom. The Kier molecular flexibility index (Phi) is 27.2. The van der Waals surface area contributed by atoms with Gasteiger partial charge in [-0.15, -0.1) is 11.8 Å². The molecule has 23 heteroatoms. The number of nitrogens with one attached hydrogen (secondary N) is 7. The molecule has 5 rings (SSSR count). The van der Waals surface area contributed by atoms with Crippen molar-refractivity contribution in [3.63, 3.8) is 0 Å². The van der Waals surface area contributed by atoms with Crippen LogP contribution >= 0.6 is 11.8 Å². The van der Waals surface area contributed by atoms with Crippen LogP contribution in [0.2, 0.25) is 0 Å². The largest absolute Gasteiger partial charge is 0.496 e. The molecule has 7 amide bonds. The van der Waals surface area contributed by atoms with Crippen molar-refractivity contribution in [2.75, 3.05) is 41.0 Å². The molecule has 4 atom stereocenters. The molecule has 0 saturated heterocycles. The van der Waals surface area contributed by atoms with E-state index in [1.165, 1.54) is 33.1 Å². The third-order valence-electron chi connectivity index (χ3n) is 12.8. The number of unbranched alkanes of at least 4 members (excludes halogenated alkanes) is 1. The van der Waals surface area contributed by atoms with Gasteiger partial charge < -0.3 is 71.4 Å². The monoisotopic (exact) mass is 1220 g/mol. The highest BCUT2D eigenvalue weighted by Crippen LogP contribution is 2.41. The van der Waals surface area contributed by atoms with Crippen LogP contribution in [0, 0.1) is 0 Å². The Balaban J connectivity index is 1.36. The Bertz CT molecular complexity index is 3060. The van der Waals surface area contributed by atoms with Gasteiger partial charge in [-0.1, -0.05) is 103 Å². The van der Waals surface area contributed by atoms with E-state index in [-0.39, 0.29) is 56.8 Å². The van der Waals surface area contributed by atoms with Crippen LogP contribution in [0.3, 0.4) is 0 Å². The lowest BCUT2D eigenvalue weighted by atomic mass is 10.0. The van der Waals surface area contributed by atoms with Gasteiger partial charge in [-0.05, 0) is 89.1 Å². The fourth-order valence-electron chi connectivity index (χ4n) is 8.72. The smallest absolute Gasteiger partial charge is 0.408 e. The summed E-state index contributed by atoms with van der Waals surface area (Å²) in [5, 5.41) is 19.3. The Labute approximate surface area is 512 Å². The zero-order valence-electron chi connectivity index (χ0n) is 50.8. The lowest BCUT2D eigenvalue weighted by Crippen LogP contribution is -2.55. The average molecular weight is 1220 g/mol. The van der Waals surface area contributed by atoms with E-state index < -0.39 is 89.6 Å². The van der Waals surface area contributed by atoms with Crippen LogP contribution in [0.25, 0.3) is 0 Å². The number of benzene rings is 5. The standard InChI is InChI=1S/C64H82N8O14S/c1-63(2,3)85-61(79)67-31-20-19-29-47(72-62(80)86-64(4,5)6)58(76)68-39-55(74)70-50(34-43-26-17-12-18-27-43)60(78)84-51-30-21-28-44(56(51)87-40-46-52(82-8)35-45(81-7)36-53(46)83-9)37-66-38-54(73)69-49(33-42-24-15-11-16-25-42)59(77)71-48(57(65)75)32-41-22-13-10-14-23-41/h10-18,21-28,30,35-36,47-50,66H,19-20,29,31-34,37-40H2,1-9H3,(H2,65,75)(H,67,79)(H,68,76)(H,69,73)(H,70,74)(H,71,77)(H,72,80)/t47-,48-,49-,50-/m0/s1. The number of alkyl carbamates (subject to hydrolysis) is 2. The van der Waals surface area contributed by atoms with Crippen molar-refractivity contribution >= 4 is 59.5 Å². The molecule has 5 aromatic rings. The van der Waals surface area contributed by atoms with Gasteiger partial charge in [-0.25, -0.2) is 14.4 Å². The summed E-state index contributed by atoms with van der Waals surface area (Å²) in [4.78, 5) is 108. The van der Waals surface area contributed by atoms with Gasteiger partial charge in [0.25, 0.3) is 0 Å². The molecule has 0 unspecified atom stereocenters. The number of methoxy groups -OCH3 is 3. The van der Waals surface area contributed by atoms with E-state index in [1.807, 2.05) is 60.7 Å². The van der Waals surface area contributed by atoms with Crippen LogP contribution in [0.5, 0.6) is 23.0 Å². The van der Waals surface area contributed by atoms with Gasteiger partial charge >= 0.3 is 18.2 Å². The summed E-state index contributed by atoms with van der Waals surface area (Å²) in [7, 11) is 4.54. The molecule has 0 spiro atoms. The van der Waals surface area contributed by atoms with Crippen LogP contribution in [-0.4, -0.2) is 124 Å². The van der Waals surface area contributed by atoms with Crippen LogP contribution in [-0.2, 0) is 69.8 Å². The lowest BCUT2D eigenvalue weighted by Gasteiger charge is -2.24. The number of ether oxygens (including phenoxy) is 6. The van der Waals surface area contributed by atoms with Gasteiger partial charge in [-0.3, -0.25) is 24.0 Å². The van der Waals surface area contributed by atoms with Gasteiger partial charge in [0, 0.05) is 55.8 Å². The van der Waals surface area contributed by atoms with E-state index in [0.717, 1.165) is 11.1 Å². The SMILES string of the molecule is COc1cc(OC)c(CSc2c(CNCC(=O)N[C@@H](Cc3ccccc3)C(=O)N[C@@H](Cc3ccccc3)C(N)=O)cccc2OC(=O)[C@H](Cc2ccccc2)NC(=O)CNC(=O)[C@H](CCCCNC(=O)OC(C)(C)C)NC(=O)OC(C)(C)C)c(OC)c1. The van der Waals surface area contributed by atoms with Gasteiger partial charge in [0.15, 0.2) is 0 Å². The number of esters is 1. The Morgan fingerprint density at radius 3 is 1.60 bits per heavy atom. The van der Waals surface area contributed by atoms with E-state index in [2.05, 4.69) is 37.2 Å². The number of primary amides is 1. The van der Waals surface area contributed by atoms with Crippen LogP contribution in [0.15, 0.2) is 126 Å². The minimum Gasteiger partial charge on any atom is -0.496 e. The maximum atomic E-state index is 14.6. The summed E-state index contributed by atoms with van der Waals surface area (Å²) in [6.07, 6.45) is -0.283. The number of carbonyl (C=O) groups excluding carboxylic acids is 8. The highest BCUT2D eigenvalue weighted by Gasteiger charge is 2.30. The summed E-state index contributed by atoms with van der Waals surface area (Å²) >= 11 is 1.28. The quantitative estimate of drug-likeness (QED) is 0.0100. The number of hydrogen-bond acceptors (Lipinski definition) is 16. The molecule has 0 radical (unpaired) electrons. The Morgan fingerprint density at radius 2 is 1.06 bits per heavy atom. The third kappa shape index (κ3) is 24.6. The minimum atomic E-state index is -1.30. The van der Waals surface area contributed by atoms with Crippen molar-refractivity contribution < 1.29 is 66.8 Å². The van der Waals surface area contributed by atoms with E-state index in [0.29, 0.717) is 51.7 Å². The van der Waals surface area contributed by atoms with Gasteiger partial charge in [0.05, 0.1) is 39.3 Å². The van der Waals surface area contributed by atoms with E-state index >= 15 is 0 Å². The molecule has 0 aliphatic carbocycles. The first-order chi connectivity index (χ1) is 41.4. The molecule has 468 valence electrons.